The number of cyclic esters (lactones) is 1. The predicted octanol–water partition coefficient (Wildman–Crippen LogP) is 0.871. The lowest BCUT2D eigenvalue weighted by molar-refractivity contribution is 0.140. The molecule has 1 aliphatic rings. The van der Waals surface area contributed by atoms with Crippen LogP contribution in [0.1, 0.15) is 11.7 Å². The number of ether oxygens (including phenoxy) is 1. The highest BCUT2D eigenvalue weighted by Gasteiger charge is 2.28. The Balaban J connectivity index is 2.45. The standard InChI is InChI=1S/C10H11NO4S/c1-16(13,14)9-5-3-2-4-7(9)8-6-11-10(12)15-8/h2-5,8H,6H2,1H3,(H,11,12). The van der Waals surface area contributed by atoms with Crippen LogP contribution in [0.2, 0.25) is 0 Å². The summed E-state index contributed by atoms with van der Waals surface area (Å²) in [6, 6.07) is 6.53. The first-order chi connectivity index (χ1) is 7.48. The van der Waals surface area contributed by atoms with Gasteiger partial charge in [-0.1, -0.05) is 18.2 Å². The number of amides is 1. The first kappa shape index (κ1) is 10.9. The van der Waals surface area contributed by atoms with E-state index in [0.717, 1.165) is 6.26 Å². The van der Waals surface area contributed by atoms with Crippen LogP contribution < -0.4 is 5.32 Å². The van der Waals surface area contributed by atoms with Crippen molar-refractivity contribution in [2.24, 2.45) is 0 Å². The molecule has 6 heteroatoms. The maximum absolute atomic E-state index is 11.5. The molecular formula is C10H11NO4S. The summed E-state index contributed by atoms with van der Waals surface area (Å²) < 4.78 is 28.0. The second kappa shape index (κ2) is 3.79. The highest BCUT2D eigenvalue weighted by atomic mass is 32.2. The first-order valence-electron chi connectivity index (χ1n) is 4.72. The molecule has 0 aromatic heterocycles. The van der Waals surface area contributed by atoms with Gasteiger partial charge in [0.05, 0.1) is 11.4 Å². The fraction of sp³-hybridized carbons (Fsp3) is 0.300. The van der Waals surface area contributed by atoms with Crippen molar-refractivity contribution in [3.05, 3.63) is 29.8 Å². The van der Waals surface area contributed by atoms with Gasteiger partial charge in [0.1, 0.15) is 6.10 Å². The number of alkyl carbamates (subject to hydrolysis) is 1. The van der Waals surface area contributed by atoms with Crippen LogP contribution in [-0.2, 0) is 14.6 Å². The van der Waals surface area contributed by atoms with E-state index in [1.54, 1.807) is 18.2 Å². The largest absolute Gasteiger partial charge is 0.439 e. The van der Waals surface area contributed by atoms with Gasteiger partial charge < -0.3 is 10.1 Å². The minimum Gasteiger partial charge on any atom is -0.439 e. The van der Waals surface area contributed by atoms with Crippen LogP contribution in [0.15, 0.2) is 29.2 Å². The Hall–Kier alpha value is -1.56. The van der Waals surface area contributed by atoms with Gasteiger partial charge in [-0.05, 0) is 6.07 Å². The van der Waals surface area contributed by atoms with Crippen LogP contribution in [0.5, 0.6) is 0 Å². The normalized spacial score (nSPS) is 20.3. The van der Waals surface area contributed by atoms with Crippen LogP contribution in [0.25, 0.3) is 0 Å². The number of rotatable bonds is 2. The van der Waals surface area contributed by atoms with Gasteiger partial charge in [-0.3, -0.25) is 0 Å². The summed E-state index contributed by atoms with van der Waals surface area (Å²) in [6.45, 7) is 0.297. The summed E-state index contributed by atoms with van der Waals surface area (Å²) in [4.78, 5) is 11.1. The topological polar surface area (TPSA) is 72.5 Å². The molecule has 1 saturated heterocycles. The van der Waals surface area contributed by atoms with Crippen molar-refractivity contribution < 1.29 is 17.9 Å². The van der Waals surface area contributed by atoms with Crippen molar-refractivity contribution >= 4 is 15.9 Å². The Morgan fingerprint density at radius 2 is 2.06 bits per heavy atom. The number of carbonyl (C=O) groups is 1. The second-order valence-corrected chi connectivity index (χ2v) is 5.57. The van der Waals surface area contributed by atoms with Crippen molar-refractivity contribution in [2.45, 2.75) is 11.0 Å². The molecule has 0 saturated carbocycles. The van der Waals surface area contributed by atoms with Crippen molar-refractivity contribution in [1.29, 1.82) is 0 Å². The van der Waals surface area contributed by atoms with Gasteiger partial charge in [-0.25, -0.2) is 13.2 Å². The smallest absolute Gasteiger partial charge is 0.407 e. The molecule has 16 heavy (non-hydrogen) atoms. The molecule has 1 amide bonds. The molecule has 5 nitrogen and oxygen atoms in total. The Bertz CT molecular complexity index is 523. The average molecular weight is 241 g/mol. The Morgan fingerprint density at radius 1 is 1.38 bits per heavy atom. The minimum absolute atomic E-state index is 0.205. The number of hydrogen-bond acceptors (Lipinski definition) is 4. The maximum Gasteiger partial charge on any atom is 0.407 e. The number of sulfone groups is 1. The quantitative estimate of drug-likeness (QED) is 0.834. The van der Waals surface area contributed by atoms with E-state index in [1.807, 2.05) is 0 Å². The van der Waals surface area contributed by atoms with Crippen LogP contribution in [-0.4, -0.2) is 27.3 Å². The van der Waals surface area contributed by atoms with Gasteiger partial charge in [0, 0.05) is 11.8 Å². The Morgan fingerprint density at radius 3 is 2.62 bits per heavy atom. The van der Waals surface area contributed by atoms with E-state index in [-0.39, 0.29) is 4.90 Å². The van der Waals surface area contributed by atoms with E-state index in [4.69, 9.17) is 4.74 Å². The molecule has 1 fully saturated rings. The van der Waals surface area contributed by atoms with E-state index in [2.05, 4.69) is 5.32 Å². The Kier molecular flexibility index (Phi) is 2.59. The predicted molar refractivity (Wildman–Crippen MR) is 56.8 cm³/mol. The minimum atomic E-state index is -3.31. The first-order valence-corrected chi connectivity index (χ1v) is 6.61. The molecule has 0 radical (unpaired) electrons. The number of benzene rings is 1. The summed E-state index contributed by atoms with van der Waals surface area (Å²) in [5, 5.41) is 2.49. The van der Waals surface area contributed by atoms with Gasteiger partial charge >= 0.3 is 6.09 Å². The summed E-state index contributed by atoms with van der Waals surface area (Å²) in [5.41, 5.74) is 0.517. The van der Waals surface area contributed by atoms with E-state index < -0.39 is 22.0 Å². The molecule has 1 atom stereocenters. The van der Waals surface area contributed by atoms with Crippen molar-refractivity contribution in [3.63, 3.8) is 0 Å². The third kappa shape index (κ3) is 2.01. The molecule has 0 bridgehead atoms. The summed E-state index contributed by atoms with van der Waals surface area (Å²) in [6.07, 6.45) is 0.0856. The lowest BCUT2D eigenvalue weighted by Gasteiger charge is -2.12. The summed E-state index contributed by atoms with van der Waals surface area (Å²) >= 11 is 0. The third-order valence-corrected chi connectivity index (χ3v) is 3.52. The summed E-state index contributed by atoms with van der Waals surface area (Å²) in [7, 11) is -3.31. The van der Waals surface area contributed by atoms with Crippen LogP contribution in [0, 0.1) is 0 Å². The second-order valence-electron chi connectivity index (χ2n) is 3.58. The van der Waals surface area contributed by atoms with E-state index in [0.29, 0.717) is 12.1 Å². The monoisotopic (exact) mass is 241 g/mol. The van der Waals surface area contributed by atoms with Crippen molar-refractivity contribution in [1.82, 2.24) is 5.32 Å². The SMILES string of the molecule is CS(=O)(=O)c1ccccc1C1CNC(=O)O1. The highest BCUT2D eigenvalue weighted by Crippen LogP contribution is 2.27. The zero-order valence-electron chi connectivity index (χ0n) is 8.64. The van der Waals surface area contributed by atoms with Gasteiger partial charge in [-0.15, -0.1) is 0 Å². The van der Waals surface area contributed by atoms with Gasteiger partial charge in [0.25, 0.3) is 0 Å². The number of carbonyl (C=O) groups excluding carboxylic acids is 1. The zero-order chi connectivity index (χ0) is 11.8. The molecule has 0 spiro atoms. The third-order valence-electron chi connectivity index (χ3n) is 2.35. The molecule has 1 unspecified atom stereocenters. The lowest BCUT2D eigenvalue weighted by atomic mass is 10.1. The van der Waals surface area contributed by atoms with Gasteiger partial charge in [0.2, 0.25) is 0 Å². The fourth-order valence-electron chi connectivity index (χ4n) is 1.65. The molecule has 1 heterocycles. The molecule has 1 N–H and O–H groups in total. The molecule has 86 valence electrons. The van der Waals surface area contributed by atoms with Crippen molar-refractivity contribution in [3.8, 4) is 0 Å². The number of nitrogens with one attached hydrogen (secondary N) is 1. The van der Waals surface area contributed by atoms with Gasteiger partial charge in [-0.2, -0.15) is 0 Å². The lowest BCUT2D eigenvalue weighted by Crippen LogP contribution is -2.13. The highest BCUT2D eigenvalue weighted by molar-refractivity contribution is 7.90. The van der Waals surface area contributed by atoms with E-state index in [9.17, 15) is 13.2 Å². The van der Waals surface area contributed by atoms with Crippen LogP contribution in [0.3, 0.4) is 0 Å². The van der Waals surface area contributed by atoms with E-state index >= 15 is 0 Å². The van der Waals surface area contributed by atoms with Gasteiger partial charge in [0.15, 0.2) is 9.84 Å². The molecule has 1 aromatic rings. The molecular weight excluding hydrogens is 230 g/mol. The zero-order valence-corrected chi connectivity index (χ0v) is 9.45. The van der Waals surface area contributed by atoms with Crippen LogP contribution in [0.4, 0.5) is 4.79 Å². The molecule has 2 rings (SSSR count). The molecule has 0 aliphatic carbocycles. The number of hydrogen-bond donors (Lipinski definition) is 1. The molecule has 1 aliphatic heterocycles. The molecule has 1 aromatic carbocycles. The van der Waals surface area contributed by atoms with Crippen LogP contribution >= 0.6 is 0 Å². The summed E-state index contributed by atoms with van der Waals surface area (Å²) in [5.74, 6) is 0. The van der Waals surface area contributed by atoms with E-state index in [1.165, 1.54) is 6.07 Å². The Labute approximate surface area is 93.3 Å². The van der Waals surface area contributed by atoms with Crippen molar-refractivity contribution in [2.75, 3.05) is 12.8 Å². The fourth-order valence-corrected chi connectivity index (χ4v) is 2.60. The average Bonchev–Trinajstić information content (AvgIpc) is 2.64. The maximum atomic E-state index is 11.5.